The van der Waals surface area contributed by atoms with Crippen LogP contribution in [0, 0.1) is 0 Å². The molecule has 2 aromatic heterocycles. The molecule has 0 aliphatic rings. The topological polar surface area (TPSA) is 81.6 Å². The summed E-state index contributed by atoms with van der Waals surface area (Å²) in [5.41, 5.74) is 6.36. The number of thiocarbonyl (C=S) groups is 1. The van der Waals surface area contributed by atoms with Crippen molar-refractivity contribution in [3.63, 3.8) is 0 Å². The Bertz CT molecular complexity index is 495. The van der Waals surface area contributed by atoms with Crippen molar-refractivity contribution in [1.29, 1.82) is 0 Å². The van der Waals surface area contributed by atoms with Gasteiger partial charge < -0.3 is 11.1 Å². The van der Waals surface area contributed by atoms with Crippen LogP contribution in [0.5, 0.6) is 0 Å². The van der Waals surface area contributed by atoms with E-state index < -0.39 is 0 Å². The molecule has 0 unspecified atom stereocenters. The molecule has 0 aliphatic heterocycles. The summed E-state index contributed by atoms with van der Waals surface area (Å²) in [6.45, 7) is 1.38. The fourth-order valence-electron chi connectivity index (χ4n) is 1.39. The van der Waals surface area contributed by atoms with Crippen molar-refractivity contribution in [2.75, 3.05) is 11.9 Å². The Labute approximate surface area is 104 Å². The highest BCUT2D eigenvalue weighted by Gasteiger charge is 2.04. The Morgan fingerprint density at radius 2 is 2.35 bits per heavy atom. The van der Waals surface area contributed by atoms with Gasteiger partial charge in [-0.3, -0.25) is 4.68 Å². The lowest BCUT2D eigenvalue weighted by Gasteiger charge is -2.09. The highest BCUT2D eigenvalue weighted by molar-refractivity contribution is 7.80. The predicted molar refractivity (Wildman–Crippen MR) is 68.6 cm³/mol. The van der Waals surface area contributed by atoms with Crippen molar-refractivity contribution in [1.82, 2.24) is 20.0 Å². The molecule has 3 N–H and O–H groups in total. The van der Waals surface area contributed by atoms with Crippen molar-refractivity contribution in [2.24, 2.45) is 5.73 Å². The SMILES string of the molecule is NC(=S)c1cccnc1NCCn1ccnn1. The first-order valence-corrected chi connectivity index (χ1v) is 5.51. The number of hydrogen-bond donors (Lipinski definition) is 2. The summed E-state index contributed by atoms with van der Waals surface area (Å²) in [7, 11) is 0. The molecule has 0 aromatic carbocycles. The molecule has 7 heteroatoms. The van der Waals surface area contributed by atoms with Crippen LogP contribution >= 0.6 is 12.2 Å². The second-order valence-electron chi connectivity index (χ2n) is 3.36. The summed E-state index contributed by atoms with van der Waals surface area (Å²) in [4.78, 5) is 4.53. The van der Waals surface area contributed by atoms with Crippen molar-refractivity contribution >= 4 is 23.0 Å². The fraction of sp³-hybridized carbons (Fsp3) is 0.200. The average molecular weight is 248 g/mol. The van der Waals surface area contributed by atoms with Crippen LogP contribution in [0.2, 0.25) is 0 Å². The van der Waals surface area contributed by atoms with Gasteiger partial charge in [-0.05, 0) is 12.1 Å². The zero-order valence-electron chi connectivity index (χ0n) is 9.08. The first-order valence-electron chi connectivity index (χ1n) is 5.10. The number of hydrogen-bond acceptors (Lipinski definition) is 5. The van der Waals surface area contributed by atoms with Crippen LogP contribution < -0.4 is 11.1 Å². The number of aromatic nitrogens is 4. The largest absolute Gasteiger partial charge is 0.389 e. The zero-order valence-corrected chi connectivity index (χ0v) is 9.89. The van der Waals surface area contributed by atoms with Crippen molar-refractivity contribution in [3.05, 3.63) is 36.3 Å². The van der Waals surface area contributed by atoms with Crippen LogP contribution in [0.4, 0.5) is 5.82 Å². The molecule has 6 nitrogen and oxygen atoms in total. The van der Waals surface area contributed by atoms with Gasteiger partial charge in [0, 0.05) is 18.9 Å². The van der Waals surface area contributed by atoms with Gasteiger partial charge in [-0.1, -0.05) is 17.4 Å². The highest BCUT2D eigenvalue weighted by Crippen LogP contribution is 2.10. The standard InChI is InChI=1S/C10H12N6S/c11-9(17)8-2-1-3-12-10(8)13-4-6-16-7-5-14-15-16/h1-3,5,7H,4,6H2,(H2,11,17)(H,12,13). The lowest BCUT2D eigenvalue weighted by atomic mass is 10.2. The number of nitrogens with two attached hydrogens (primary N) is 1. The average Bonchev–Trinajstić information content (AvgIpc) is 2.82. The predicted octanol–water partition coefficient (Wildman–Crippen LogP) is 0.419. The molecule has 0 spiro atoms. The Hall–Kier alpha value is -2.02. The molecule has 0 bridgehead atoms. The van der Waals surface area contributed by atoms with E-state index in [-0.39, 0.29) is 0 Å². The Morgan fingerprint density at radius 3 is 3.06 bits per heavy atom. The molecule has 0 amide bonds. The Morgan fingerprint density at radius 1 is 1.47 bits per heavy atom. The Balaban J connectivity index is 1.97. The first-order chi connectivity index (χ1) is 8.27. The third kappa shape index (κ3) is 2.97. The summed E-state index contributed by atoms with van der Waals surface area (Å²) in [5.74, 6) is 0.695. The van der Waals surface area contributed by atoms with Gasteiger partial charge in [-0.2, -0.15) is 0 Å². The number of anilines is 1. The summed E-state index contributed by atoms with van der Waals surface area (Å²) >= 11 is 4.95. The molecule has 0 aliphatic carbocycles. The maximum atomic E-state index is 5.60. The molecular formula is C10H12N6S. The lowest BCUT2D eigenvalue weighted by Crippen LogP contribution is -2.17. The first kappa shape index (κ1) is 11.5. The van der Waals surface area contributed by atoms with Crippen LogP contribution in [0.1, 0.15) is 5.56 Å². The summed E-state index contributed by atoms with van der Waals surface area (Å²) in [5, 5.41) is 10.7. The minimum Gasteiger partial charge on any atom is -0.389 e. The monoisotopic (exact) mass is 248 g/mol. The van der Waals surface area contributed by atoms with Gasteiger partial charge in [0.2, 0.25) is 0 Å². The van der Waals surface area contributed by atoms with Crippen LogP contribution in [0.15, 0.2) is 30.7 Å². The van der Waals surface area contributed by atoms with Crippen LogP contribution in [-0.2, 0) is 6.54 Å². The van der Waals surface area contributed by atoms with Gasteiger partial charge in [0.1, 0.15) is 10.8 Å². The molecule has 0 atom stereocenters. The maximum absolute atomic E-state index is 5.60. The van der Waals surface area contributed by atoms with E-state index in [4.69, 9.17) is 18.0 Å². The fourth-order valence-corrected chi connectivity index (χ4v) is 1.55. The van der Waals surface area contributed by atoms with Crippen molar-refractivity contribution < 1.29 is 0 Å². The van der Waals surface area contributed by atoms with Gasteiger partial charge in [-0.15, -0.1) is 5.10 Å². The van der Waals surface area contributed by atoms with E-state index >= 15 is 0 Å². The van der Waals surface area contributed by atoms with Crippen molar-refractivity contribution in [2.45, 2.75) is 6.54 Å². The third-order valence-electron chi connectivity index (χ3n) is 2.18. The molecule has 0 saturated carbocycles. The zero-order chi connectivity index (χ0) is 12.1. The molecule has 2 aromatic rings. The number of rotatable bonds is 5. The lowest BCUT2D eigenvalue weighted by molar-refractivity contribution is 0.608. The summed E-state index contributed by atoms with van der Waals surface area (Å²) < 4.78 is 1.73. The normalized spacial score (nSPS) is 10.1. The minimum absolute atomic E-state index is 0.335. The number of nitrogens with one attached hydrogen (secondary N) is 1. The van der Waals surface area contributed by atoms with Gasteiger partial charge in [0.05, 0.1) is 18.3 Å². The van der Waals surface area contributed by atoms with E-state index in [2.05, 4.69) is 20.6 Å². The second kappa shape index (κ2) is 5.35. The molecule has 0 radical (unpaired) electrons. The summed E-state index contributed by atoms with van der Waals surface area (Å²) in [6.07, 6.45) is 5.13. The second-order valence-corrected chi connectivity index (χ2v) is 3.80. The molecule has 2 heterocycles. The molecule has 0 saturated heterocycles. The number of pyridine rings is 1. The third-order valence-corrected chi connectivity index (χ3v) is 2.40. The maximum Gasteiger partial charge on any atom is 0.136 e. The van der Waals surface area contributed by atoms with Gasteiger partial charge in [0.25, 0.3) is 0 Å². The van der Waals surface area contributed by atoms with Gasteiger partial charge in [0.15, 0.2) is 0 Å². The minimum atomic E-state index is 0.335. The van der Waals surface area contributed by atoms with Gasteiger partial charge >= 0.3 is 0 Å². The smallest absolute Gasteiger partial charge is 0.136 e. The van der Waals surface area contributed by atoms with Crippen molar-refractivity contribution in [3.8, 4) is 0 Å². The van der Waals surface area contributed by atoms with E-state index in [9.17, 15) is 0 Å². The van der Waals surface area contributed by atoms with Crippen LogP contribution in [0.25, 0.3) is 0 Å². The van der Waals surface area contributed by atoms with E-state index in [1.807, 2.05) is 6.07 Å². The molecule has 2 rings (SSSR count). The highest BCUT2D eigenvalue weighted by atomic mass is 32.1. The Kier molecular flexibility index (Phi) is 3.61. The number of nitrogens with zero attached hydrogens (tertiary/aromatic N) is 4. The van der Waals surface area contributed by atoms with E-state index in [0.717, 1.165) is 5.56 Å². The van der Waals surface area contributed by atoms with Crippen LogP contribution in [-0.4, -0.2) is 31.5 Å². The van der Waals surface area contributed by atoms with E-state index in [1.165, 1.54) is 0 Å². The van der Waals surface area contributed by atoms with E-state index in [0.29, 0.717) is 23.9 Å². The molecule has 0 fully saturated rings. The molecule has 17 heavy (non-hydrogen) atoms. The quantitative estimate of drug-likeness (QED) is 0.746. The molecule has 88 valence electrons. The van der Waals surface area contributed by atoms with Gasteiger partial charge in [-0.25, -0.2) is 4.98 Å². The summed E-state index contributed by atoms with van der Waals surface area (Å²) in [6, 6.07) is 3.64. The van der Waals surface area contributed by atoms with Crippen LogP contribution in [0.3, 0.4) is 0 Å². The molecular weight excluding hydrogens is 236 g/mol. The van der Waals surface area contributed by atoms with E-state index in [1.54, 1.807) is 29.3 Å².